The number of hydrogen-bond acceptors (Lipinski definition) is 6. The molecule has 0 amide bonds. The van der Waals surface area contributed by atoms with Crippen molar-refractivity contribution >= 4 is 23.1 Å². The first-order valence-corrected chi connectivity index (χ1v) is 7.02. The van der Waals surface area contributed by atoms with Gasteiger partial charge in [0.1, 0.15) is 6.07 Å². The molecule has 3 aromatic rings. The van der Waals surface area contributed by atoms with Gasteiger partial charge >= 0.3 is 0 Å². The van der Waals surface area contributed by atoms with Gasteiger partial charge in [0.2, 0.25) is 0 Å². The van der Waals surface area contributed by atoms with Crippen LogP contribution in [0.5, 0.6) is 0 Å². The van der Waals surface area contributed by atoms with E-state index in [-0.39, 0.29) is 0 Å². The third-order valence-electron chi connectivity index (χ3n) is 3.30. The zero-order valence-corrected chi connectivity index (χ0v) is 12.5. The fraction of sp³-hybridized carbons (Fsp3) is 0.0588. The highest BCUT2D eigenvalue weighted by Gasteiger charge is 2.09. The molecule has 0 radical (unpaired) electrons. The van der Waals surface area contributed by atoms with Gasteiger partial charge < -0.3 is 10.2 Å². The molecule has 0 atom stereocenters. The minimum Gasteiger partial charge on any atom is -0.338 e. The average Bonchev–Trinajstić information content (AvgIpc) is 2.62. The van der Waals surface area contributed by atoms with Gasteiger partial charge in [-0.2, -0.15) is 15.3 Å². The van der Waals surface area contributed by atoms with Crippen molar-refractivity contribution in [3.05, 3.63) is 66.4 Å². The molecule has 2 aromatic carbocycles. The molecule has 6 nitrogen and oxygen atoms in total. The summed E-state index contributed by atoms with van der Waals surface area (Å²) in [5, 5.41) is 20.3. The Kier molecular flexibility index (Phi) is 4.11. The molecule has 23 heavy (non-hydrogen) atoms. The quantitative estimate of drug-likeness (QED) is 0.797. The van der Waals surface area contributed by atoms with Crippen LogP contribution in [0.25, 0.3) is 0 Å². The number of nitrogens with zero attached hydrogens (tertiary/aromatic N) is 5. The number of rotatable bonds is 4. The fourth-order valence-electron chi connectivity index (χ4n) is 2.09. The van der Waals surface area contributed by atoms with E-state index in [1.54, 1.807) is 6.07 Å². The predicted octanol–water partition coefficient (Wildman–Crippen LogP) is 3.25. The Morgan fingerprint density at radius 1 is 1.04 bits per heavy atom. The Morgan fingerprint density at radius 2 is 1.78 bits per heavy atom. The van der Waals surface area contributed by atoms with Gasteiger partial charge in [-0.15, -0.1) is 5.10 Å². The third kappa shape index (κ3) is 3.24. The van der Waals surface area contributed by atoms with Crippen molar-refractivity contribution in [1.29, 1.82) is 5.26 Å². The second-order valence-electron chi connectivity index (χ2n) is 4.82. The SMILES string of the molecule is CN(c1ccccc1)c1nncc(Nc2ccccc2C#N)n1. The minimum absolute atomic E-state index is 0.468. The highest BCUT2D eigenvalue weighted by molar-refractivity contribution is 5.65. The molecule has 6 heteroatoms. The number of nitriles is 1. The maximum Gasteiger partial charge on any atom is 0.251 e. The molecule has 1 heterocycles. The van der Waals surface area contributed by atoms with Crippen LogP contribution in [0.1, 0.15) is 5.56 Å². The number of anilines is 4. The van der Waals surface area contributed by atoms with Crippen molar-refractivity contribution in [2.75, 3.05) is 17.3 Å². The first-order valence-electron chi connectivity index (χ1n) is 7.02. The fourth-order valence-corrected chi connectivity index (χ4v) is 2.09. The molecule has 1 aromatic heterocycles. The average molecular weight is 302 g/mol. The van der Waals surface area contributed by atoms with Gasteiger partial charge in [-0.25, -0.2) is 0 Å². The summed E-state index contributed by atoms with van der Waals surface area (Å²) >= 11 is 0. The van der Waals surface area contributed by atoms with Crippen LogP contribution in [0.15, 0.2) is 60.8 Å². The standard InChI is InChI=1S/C17H14N6/c1-23(14-8-3-2-4-9-14)17-21-16(12-19-22-17)20-15-10-6-5-7-13(15)11-18/h2-10,12H,1H3,(H,20,21,22). The Bertz CT molecular complexity index is 841. The van der Waals surface area contributed by atoms with E-state index in [2.05, 4.69) is 26.6 Å². The number of hydrogen-bond donors (Lipinski definition) is 1. The Labute approximate surface area is 134 Å². The second-order valence-corrected chi connectivity index (χ2v) is 4.82. The van der Waals surface area contributed by atoms with Crippen LogP contribution in [-0.2, 0) is 0 Å². The Balaban J connectivity index is 1.87. The first kappa shape index (κ1) is 14.5. The molecule has 0 unspecified atom stereocenters. The van der Waals surface area contributed by atoms with Crippen LogP contribution in [0, 0.1) is 11.3 Å². The van der Waals surface area contributed by atoms with E-state index in [1.807, 2.05) is 60.5 Å². The molecule has 0 fully saturated rings. The lowest BCUT2D eigenvalue weighted by Gasteiger charge is -2.17. The van der Waals surface area contributed by atoms with Crippen LogP contribution in [0.4, 0.5) is 23.1 Å². The van der Waals surface area contributed by atoms with Gasteiger partial charge in [0.15, 0.2) is 5.82 Å². The Morgan fingerprint density at radius 3 is 2.57 bits per heavy atom. The van der Waals surface area contributed by atoms with E-state index >= 15 is 0 Å². The van der Waals surface area contributed by atoms with Crippen LogP contribution in [0.2, 0.25) is 0 Å². The number of para-hydroxylation sites is 2. The summed E-state index contributed by atoms with van der Waals surface area (Å²) < 4.78 is 0. The molecular formula is C17H14N6. The van der Waals surface area contributed by atoms with E-state index < -0.39 is 0 Å². The van der Waals surface area contributed by atoms with Crippen molar-refractivity contribution in [3.8, 4) is 6.07 Å². The molecular weight excluding hydrogens is 288 g/mol. The molecule has 0 saturated heterocycles. The van der Waals surface area contributed by atoms with E-state index in [4.69, 9.17) is 5.26 Å². The van der Waals surface area contributed by atoms with Crippen molar-refractivity contribution in [2.24, 2.45) is 0 Å². The molecule has 1 N–H and O–H groups in total. The van der Waals surface area contributed by atoms with Gasteiger partial charge in [-0.3, -0.25) is 0 Å². The van der Waals surface area contributed by atoms with Gasteiger partial charge in [-0.05, 0) is 24.3 Å². The summed E-state index contributed by atoms with van der Waals surface area (Å²) in [7, 11) is 1.87. The van der Waals surface area contributed by atoms with Crippen LogP contribution in [0.3, 0.4) is 0 Å². The summed E-state index contributed by atoms with van der Waals surface area (Å²) in [4.78, 5) is 6.29. The van der Waals surface area contributed by atoms with Crippen molar-refractivity contribution < 1.29 is 0 Å². The maximum atomic E-state index is 9.14. The number of aromatic nitrogens is 3. The summed E-state index contributed by atoms with van der Waals surface area (Å²) in [6.07, 6.45) is 1.52. The minimum atomic E-state index is 0.468. The molecule has 0 saturated carbocycles. The lowest BCUT2D eigenvalue weighted by molar-refractivity contribution is 0.932. The van der Waals surface area contributed by atoms with Crippen molar-refractivity contribution in [2.45, 2.75) is 0 Å². The van der Waals surface area contributed by atoms with E-state index in [9.17, 15) is 0 Å². The topological polar surface area (TPSA) is 77.7 Å². The van der Waals surface area contributed by atoms with Crippen LogP contribution in [-0.4, -0.2) is 22.2 Å². The summed E-state index contributed by atoms with van der Waals surface area (Å²) in [6, 6.07) is 19.2. The lowest BCUT2D eigenvalue weighted by atomic mass is 10.2. The second kappa shape index (κ2) is 6.54. The van der Waals surface area contributed by atoms with Gasteiger partial charge in [0.05, 0.1) is 17.4 Å². The third-order valence-corrected chi connectivity index (χ3v) is 3.30. The van der Waals surface area contributed by atoms with Gasteiger partial charge in [0, 0.05) is 12.7 Å². The first-order chi connectivity index (χ1) is 11.3. The van der Waals surface area contributed by atoms with E-state index in [0.29, 0.717) is 23.0 Å². The molecule has 0 spiro atoms. The van der Waals surface area contributed by atoms with Crippen LogP contribution >= 0.6 is 0 Å². The zero-order chi connectivity index (χ0) is 16.1. The molecule has 0 aliphatic rings. The van der Waals surface area contributed by atoms with Crippen molar-refractivity contribution in [3.63, 3.8) is 0 Å². The highest BCUT2D eigenvalue weighted by atomic mass is 15.3. The maximum absolute atomic E-state index is 9.14. The molecule has 3 rings (SSSR count). The van der Waals surface area contributed by atoms with Gasteiger partial charge in [-0.1, -0.05) is 30.3 Å². The Hall–Kier alpha value is -3.46. The smallest absolute Gasteiger partial charge is 0.251 e. The summed E-state index contributed by atoms with van der Waals surface area (Å²) in [5.74, 6) is 0.996. The molecule has 0 aliphatic heterocycles. The van der Waals surface area contributed by atoms with Crippen molar-refractivity contribution in [1.82, 2.24) is 15.2 Å². The summed E-state index contributed by atoms with van der Waals surface area (Å²) in [6.45, 7) is 0. The lowest BCUT2D eigenvalue weighted by Crippen LogP contribution is -2.14. The highest BCUT2D eigenvalue weighted by Crippen LogP contribution is 2.22. The van der Waals surface area contributed by atoms with Gasteiger partial charge in [0.25, 0.3) is 5.95 Å². The largest absolute Gasteiger partial charge is 0.338 e. The van der Waals surface area contributed by atoms with E-state index in [1.165, 1.54) is 6.20 Å². The number of benzene rings is 2. The monoisotopic (exact) mass is 302 g/mol. The normalized spacial score (nSPS) is 9.91. The summed E-state index contributed by atoms with van der Waals surface area (Å²) in [5.41, 5.74) is 2.19. The molecule has 0 aliphatic carbocycles. The van der Waals surface area contributed by atoms with E-state index in [0.717, 1.165) is 5.69 Å². The molecule has 0 bridgehead atoms. The predicted molar refractivity (Wildman–Crippen MR) is 88.8 cm³/mol. The molecule has 112 valence electrons. The number of nitrogens with one attached hydrogen (secondary N) is 1. The zero-order valence-electron chi connectivity index (χ0n) is 12.5. The van der Waals surface area contributed by atoms with Crippen LogP contribution < -0.4 is 10.2 Å².